The van der Waals surface area contributed by atoms with Gasteiger partial charge in [0.1, 0.15) is 0 Å². The van der Waals surface area contributed by atoms with Gasteiger partial charge in [-0.3, -0.25) is 10.1 Å². The maximum Gasteiger partial charge on any atom is 0.269 e. The van der Waals surface area contributed by atoms with Crippen LogP contribution in [0, 0.1) is 10.1 Å². The monoisotopic (exact) mass is 279 g/mol. The van der Waals surface area contributed by atoms with Crippen molar-refractivity contribution >= 4 is 5.69 Å². The summed E-state index contributed by atoms with van der Waals surface area (Å²) in [6, 6.07) is 6.51. The zero-order valence-electron chi connectivity index (χ0n) is 11.7. The molecule has 6 nitrogen and oxygen atoms in total. The first-order valence-electron chi connectivity index (χ1n) is 6.90. The number of aliphatic hydroxyl groups excluding tert-OH is 1. The Hall–Kier alpha value is -1.50. The fourth-order valence-corrected chi connectivity index (χ4v) is 2.43. The second-order valence-electron chi connectivity index (χ2n) is 5.35. The standard InChI is InChI=1S/C14H21N3O3/c1-16-8-6-12(7-9-16)15-10-14(18)11-2-4-13(5-3-11)17(19)20/h2-5,12,14-15,18H,6-10H2,1H3. The Morgan fingerprint density at radius 3 is 2.55 bits per heavy atom. The molecule has 1 unspecified atom stereocenters. The first-order chi connectivity index (χ1) is 9.56. The lowest BCUT2D eigenvalue weighted by atomic mass is 10.0. The number of non-ortho nitro benzene ring substituents is 1. The van der Waals surface area contributed by atoms with Crippen molar-refractivity contribution in [3.05, 3.63) is 39.9 Å². The minimum atomic E-state index is -0.629. The van der Waals surface area contributed by atoms with Crippen LogP contribution in [-0.4, -0.2) is 47.7 Å². The summed E-state index contributed by atoms with van der Waals surface area (Å²) in [5.74, 6) is 0. The van der Waals surface area contributed by atoms with Gasteiger partial charge >= 0.3 is 0 Å². The molecule has 0 amide bonds. The van der Waals surface area contributed by atoms with E-state index >= 15 is 0 Å². The fraction of sp³-hybridized carbons (Fsp3) is 0.571. The Morgan fingerprint density at radius 1 is 1.40 bits per heavy atom. The highest BCUT2D eigenvalue weighted by Crippen LogP contribution is 2.18. The number of likely N-dealkylation sites (tertiary alicyclic amines) is 1. The number of nitro groups is 1. The smallest absolute Gasteiger partial charge is 0.269 e. The Bertz CT molecular complexity index is 441. The lowest BCUT2D eigenvalue weighted by Crippen LogP contribution is -2.42. The summed E-state index contributed by atoms with van der Waals surface area (Å²) in [5, 5.41) is 24.0. The molecule has 0 aliphatic carbocycles. The second kappa shape index (κ2) is 6.78. The number of hydrogen-bond donors (Lipinski definition) is 2. The van der Waals surface area contributed by atoms with E-state index in [9.17, 15) is 15.2 Å². The van der Waals surface area contributed by atoms with Crippen LogP contribution in [0.3, 0.4) is 0 Å². The number of piperidine rings is 1. The Balaban J connectivity index is 1.82. The summed E-state index contributed by atoms with van der Waals surface area (Å²) >= 11 is 0. The molecule has 1 atom stereocenters. The molecule has 0 radical (unpaired) electrons. The maximum atomic E-state index is 10.6. The molecule has 1 heterocycles. The largest absolute Gasteiger partial charge is 0.387 e. The molecule has 2 N–H and O–H groups in total. The normalized spacial score (nSPS) is 18.9. The molecule has 1 aromatic rings. The highest BCUT2D eigenvalue weighted by Gasteiger charge is 2.17. The van der Waals surface area contributed by atoms with E-state index in [-0.39, 0.29) is 5.69 Å². The zero-order valence-corrected chi connectivity index (χ0v) is 11.7. The molecule has 0 aromatic heterocycles. The van der Waals surface area contributed by atoms with Crippen molar-refractivity contribution in [1.82, 2.24) is 10.2 Å². The van der Waals surface area contributed by atoms with E-state index in [1.165, 1.54) is 12.1 Å². The molecule has 1 aliphatic heterocycles. The number of nitrogens with zero attached hydrogens (tertiary/aromatic N) is 2. The molecular formula is C14H21N3O3. The molecular weight excluding hydrogens is 258 g/mol. The third kappa shape index (κ3) is 4.00. The molecule has 0 bridgehead atoms. The van der Waals surface area contributed by atoms with Gasteiger partial charge in [-0.05, 0) is 50.7 Å². The minimum Gasteiger partial charge on any atom is -0.387 e. The van der Waals surface area contributed by atoms with Crippen LogP contribution in [0.15, 0.2) is 24.3 Å². The van der Waals surface area contributed by atoms with E-state index in [1.807, 2.05) is 0 Å². The fourth-order valence-electron chi connectivity index (χ4n) is 2.43. The van der Waals surface area contributed by atoms with Crippen molar-refractivity contribution in [2.24, 2.45) is 0 Å². The van der Waals surface area contributed by atoms with Crippen molar-refractivity contribution in [2.75, 3.05) is 26.7 Å². The molecule has 1 fully saturated rings. The quantitative estimate of drug-likeness (QED) is 0.627. The van der Waals surface area contributed by atoms with Gasteiger partial charge in [-0.2, -0.15) is 0 Å². The highest BCUT2D eigenvalue weighted by atomic mass is 16.6. The van der Waals surface area contributed by atoms with Crippen LogP contribution in [0.4, 0.5) is 5.69 Å². The third-order valence-corrected chi connectivity index (χ3v) is 3.81. The Kier molecular flexibility index (Phi) is 5.05. The van der Waals surface area contributed by atoms with E-state index in [0.29, 0.717) is 18.2 Å². The number of aliphatic hydroxyl groups is 1. The van der Waals surface area contributed by atoms with E-state index < -0.39 is 11.0 Å². The van der Waals surface area contributed by atoms with Crippen molar-refractivity contribution in [1.29, 1.82) is 0 Å². The molecule has 110 valence electrons. The van der Waals surface area contributed by atoms with Gasteiger partial charge in [-0.15, -0.1) is 0 Å². The number of benzene rings is 1. The number of nitrogens with one attached hydrogen (secondary N) is 1. The number of hydrogen-bond acceptors (Lipinski definition) is 5. The summed E-state index contributed by atoms with van der Waals surface area (Å²) in [5.41, 5.74) is 0.750. The summed E-state index contributed by atoms with van der Waals surface area (Å²) < 4.78 is 0. The average Bonchev–Trinajstić information content (AvgIpc) is 2.46. The first-order valence-corrected chi connectivity index (χ1v) is 6.90. The molecule has 1 aromatic carbocycles. The average molecular weight is 279 g/mol. The molecule has 2 rings (SSSR count). The number of nitro benzene ring substituents is 1. The van der Waals surface area contributed by atoms with Crippen LogP contribution in [0.25, 0.3) is 0 Å². The van der Waals surface area contributed by atoms with Crippen LogP contribution >= 0.6 is 0 Å². The van der Waals surface area contributed by atoms with Crippen molar-refractivity contribution < 1.29 is 10.0 Å². The van der Waals surface area contributed by atoms with Gasteiger partial charge in [0.05, 0.1) is 11.0 Å². The maximum absolute atomic E-state index is 10.6. The first kappa shape index (κ1) is 14.9. The Labute approximate surface area is 118 Å². The van der Waals surface area contributed by atoms with Crippen molar-refractivity contribution in [2.45, 2.75) is 25.0 Å². The summed E-state index contributed by atoms with van der Waals surface area (Å²) in [6.07, 6.45) is 1.54. The third-order valence-electron chi connectivity index (χ3n) is 3.81. The Morgan fingerprint density at radius 2 is 2.00 bits per heavy atom. The van der Waals surface area contributed by atoms with Crippen LogP contribution in [0.5, 0.6) is 0 Å². The van der Waals surface area contributed by atoms with E-state index in [2.05, 4.69) is 17.3 Å². The summed E-state index contributed by atoms with van der Waals surface area (Å²) in [6.45, 7) is 2.63. The predicted molar refractivity (Wildman–Crippen MR) is 76.6 cm³/mol. The van der Waals surface area contributed by atoms with Crippen molar-refractivity contribution in [3.63, 3.8) is 0 Å². The number of rotatable bonds is 5. The zero-order chi connectivity index (χ0) is 14.5. The van der Waals surface area contributed by atoms with Gasteiger partial charge in [0, 0.05) is 24.7 Å². The molecule has 1 aliphatic rings. The van der Waals surface area contributed by atoms with E-state index in [1.54, 1.807) is 12.1 Å². The molecule has 1 saturated heterocycles. The van der Waals surface area contributed by atoms with E-state index in [4.69, 9.17) is 0 Å². The topological polar surface area (TPSA) is 78.6 Å². The minimum absolute atomic E-state index is 0.0456. The van der Waals surface area contributed by atoms with Crippen LogP contribution in [0.1, 0.15) is 24.5 Å². The van der Waals surface area contributed by atoms with E-state index in [0.717, 1.165) is 25.9 Å². The van der Waals surface area contributed by atoms with Gasteiger partial charge in [0.2, 0.25) is 0 Å². The van der Waals surface area contributed by atoms with Gasteiger partial charge in [0.25, 0.3) is 5.69 Å². The highest BCUT2D eigenvalue weighted by molar-refractivity contribution is 5.33. The van der Waals surface area contributed by atoms with Crippen LogP contribution < -0.4 is 5.32 Å². The lowest BCUT2D eigenvalue weighted by Gasteiger charge is -2.30. The summed E-state index contributed by atoms with van der Waals surface area (Å²) in [4.78, 5) is 12.4. The molecule has 0 saturated carbocycles. The summed E-state index contributed by atoms with van der Waals surface area (Å²) in [7, 11) is 2.11. The predicted octanol–water partition coefficient (Wildman–Crippen LogP) is 1.31. The molecule has 20 heavy (non-hydrogen) atoms. The second-order valence-corrected chi connectivity index (χ2v) is 5.35. The molecule has 6 heteroatoms. The van der Waals surface area contributed by atoms with Crippen LogP contribution in [0.2, 0.25) is 0 Å². The van der Waals surface area contributed by atoms with Crippen LogP contribution in [-0.2, 0) is 0 Å². The lowest BCUT2D eigenvalue weighted by molar-refractivity contribution is -0.384. The van der Waals surface area contributed by atoms with Gasteiger partial charge < -0.3 is 15.3 Å². The van der Waals surface area contributed by atoms with Gasteiger partial charge in [-0.25, -0.2) is 0 Å². The molecule has 0 spiro atoms. The SMILES string of the molecule is CN1CCC(NCC(O)c2ccc([N+](=O)[O-])cc2)CC1. The van der Waals surface area contributed by atoms with Crippen molar-refractivity contribution in [3.8, 4) is 0 Å². The van der Waals surface area contributed by atoms with Gasteiger partial charge in [-0.1, -0.05) is 0 Å². The van der Waals surface area contributed by atoms with Gasteiger partial charge in [0.15, 0.2) is 0 Å².